The molecule has 1 atom stereocenters. The van der Waals surface area contributed by atoms with E-state index in [2.05, 4.69) is 10.3 Å². The van der Waals surface area contributed by atoms with Gasteiger partial charge in [-0.15, -0.1) is 0 Å². The molecule has 1 saturated heterocycles. The molecule has 3 aromatic carbocycles. The number of benzene rings is 3. The Bertz CT molecular complexity index is 1400. The van der Waals surface area contributed by atoms with Crippen molar-refractivity contribution in [2.75, 3.05) is 13.3 Å². The van der Waals surface area contributed by atoms with Crippen LogP contribution in [0.2, 0.25) is 0 Å². The van der Waals surface area contributed by atoms with Crippen LogP contribution in [0.1, 0.15) is 23.1 Å². The summed E-state index contributed by atoms with van der Waals surface area (Å²) in [6, 6.07) is 19.5. The fraction of sp³-hybridized carbons (Fsp3) is 0.250. The molecule has 0 aliphatic carbocycles. The first kappa shape index (κ1) is 26.6. The van der Waals surface area contributed by atoms with Gasteiger partial charge in [0, 0.05) is 13.0 Å². The van der Waals surface area contributed by atoms with Gasteiger partial charge in [0.2, 0.25) is 18.6 Å². The molecule has 202 valence electrons. The standard InChI is InChI=1S/C28H24F3N3O4S/c29-28(30,31)20-7-4-8-21(14-20)33-27-34(16-19-9-10-22-23(13-19)38-17-37-22)25(35)15-24(39-27)26(36)32-12-11-18-5-2-1-3-6-18/h1-10,13-14,24H,11-12,15-17H2,(H,32,36)/t24-/m1/s1. The van der Waals surface area contributed by atoms with E-state index in [1.165, 1.54) is 17.0 Å². The molecule has 1 N–H and O–H groups in total. The van der Waals surface area contributed by atoms with Crippen molar-refractivity contribution in [1.29, 1.82) is 0 Å². The molecule has 2 aliphatic heterocycles. The Balaban J connectivity index is 1.37. The highest BCUT2D eigenvalue weighted by molar-refractivity contribution is 8.15. The third-order valence-electron chi connectivity index (χ3n) is 6.16. The van der Waals surface area contributed by atoms with Gasteiger partial charge >= 0.3 is 6.18 Å². The van der Waals surface area contributed by atoms with E-state index in [0.29, 0.717) is 24.5 Å². The van der Waals surface area contributed by atoms with Crippen LogP contribution in [0.15, 0.2) is 77.8 Å². The zero-order valence-electron chi connectivity index (χ0n) is 20.6. The highest BCUT2D eigenvalue weighted by Crippen LogP contribution is 2.36. The van der Waals surface area contributed by atoms with Crippen LogP contribution in [0.5, 0.6) is 11.5 Å². The minimum absolute atomic E-state index is 0.0287. The lowest BCUT2D eigenvalue weighted by Gasteiger charge is -2.32. The number of carbonyl (C=O) groups excluding carboxylic acids is 2. The second-order valence-corrected chi connectivity index (χ2v) is 10.1. The van der Waals surface area contributed by atoms with Gasteiger partial charge in [0.15, 0.2) is 16.7 Å². The molecule has 5 rings (SSSR count). The lowest BCUT2D eigenvalue weighted by atomic mass is 10.1. The van der Waals surface area contributed by atoms with Gasteiger partial charge < -0.3 is 14.8 Å². The molecule has 2 aliphatic rings. The number of nitrogens with zero attached hydrogens (tertiary/aromatic N) is 2. The lowest BCUT2D eigenvalue weighted by Crippen LogP contribution is -2.46. The molecule has 0 unspecified atom stereocenters. The van der Waals surface area contributed by atoms with E-state index < -0.39 is 17.0 Å². The Morgan fingerprint density at radius 2 is 1.79 bits per heavy atom. The van der Waals surface area contributed by atoms with E-state index in [-0.39, 0.29) is 42.4 Å². The maximum atomic E-state index is 13.3. The average Bonchev–Trinajstić information content (AvgIpc) is 3.39. The van der Waals surface area contributed by atoms with Crippen LogP contribution >= 0.6 is 11.8 Å². The predicted octanol–water partition coefficient (Wildman–Crippen LogP) is 5.31. The van der Waals surface area contributed by atoms with Crippen molar-refractivity contribution in [1.82, 2.24) is 10.2 Å². The summed E-state index contributed by atoms with van der Waals surface area (Å²) < 4.78 is 50.6. The van der Waals surface area contributed by atoms with Crippen LogP contribution in [0.25, 0.3) is 0 Å². The summed E-state index contributed by atoms with van der Waals surface area (Å²) in [6.07, 6.45) is -3.99. The summed E-state index contributed by atoms with van der Waals surface area (Å²) in [6.45, 7) is 0.582. The Morgan fingerprint density at radius 1 is 1.00 bits per heavy atom. The van der Waals surface area contributed by atoms with Crippen LogP contribution < -0.4 is 14.8 Å². The number of fused-ring (bicyclic) bond motifs is 1. The third kappa shape index (κ3) is 6.54. The van der Waals surface area contributed by atoms with Crippen molar-refractivity contribution < 1.29 is 32.2 Å². The monoisotopic (exact) mass is 555 g/mol. The number of hydrogen-bond donors (Lipinski definition) is 1. The van der Waals surface area contributed by atoms with E-state index >= 15 is 0 Å². The third-order valence-corrected chi connectivity index (χ3v) is 7.35. The number of alkyl halides is 3. The van der Waals surface area contributed by atoms with Crippen LogP contribution in [0.3, 0.4) is 0 Å². The van der Waals surface area contributed by atoms with Gasteiger partial charge in [-0.1, -0.05) is 54.2 Å². The number of amidine groups is 1. The van der Waals surface area contributed by atoms with Gasteiger partial charge in [-0.25, -0.2) is 4.99 Å². The number of rotatable bonds is 7. The van der Waals surface area contributed by atoms with Crippen molar-refractivity contribution in [3.05, 3.63) is 89.5 Å². The van der Waals surface area contributed by atoms with Gasteiger partial charge in [0.05, 0.1) is 23.0 Å². The summed E-state index contributed by atoms with van der Waals surface area (Å²) >= 11 is 1.06. The van der Waals surface area contributed by atoms with Gasteiger partial charge in [0.25, 0.3) is 0 Å². The predicted molar refractivity (Wildman–Crippen MR) is 141 cm³/mol. The SMILES string of the molecule is O=C(NCCc1ccccc1)[C@H]1CC(=O)N(Cc2ccc3c(c2)OCO3)C(=Nc2cccc(C(F)(F)F)c2)S1. The molecule has 0 saturated carbocycles. The fourth-order valence-electron chi connectivity index (χ4n) is 4.17. The molecule has 0 aromatic heterocycles. The van der Waals surface area contributed by atoms with E-state index in [4.69, 9.17) is 9.47 Å². The summed E-state index contributed by atoms with van der Waals surface area (Å²) in [7, 11) is 0. The van der Waals surface area contributed by atoms with Gasteiger partial charge in [-0.05, 0) is 47.9 Å². The normalized spacial score (nSPS) is 17.9. The zero-order valence-corrected chi connectivity index (χ0v) is 21.4. The largest absolute Gasteiger partial charge is 0.454 e. The molecule has 2 amide bonds. The lowest BCUT2D eigenvalue weighted by molar-refractivity contribution is -0.137. The molecule has 3 aromatic rings. The number of carbonyl (C=O) groups is 2. The van der Waals surface area contributed by atoms with Crippen LogP contribution in [0.4, 0.5) is 18.9 Å². The first-order chi connectivity index (χ1) is 18.8. The van der Waals surface area contributed by atoms with Gasteiger partial charge in [-0.2, -0.15) is 13.2 Å². The first-order valence-corrected chi connectivity index (χ1v) is 13.1. The van der Waals surface area contributed by atoms with Gasteiger partial charge in [0.1, 0.15) is 0 Å². The topological polar surface area (TPSA) is 80.2 Å². The van der Waals surface area contributed by atoms with Crippen molar-refractivity contribution >= 4 is 34.4 Å². The maximum Gasteiger partial charge on any atom is 0.416 e. The highest BCUT2D eigenvalue weighted by Gasteiger charge is 2.36. The minimum atomic E-state index is -4.54. The second-order valence-electron chi connectivity index (χ2n) is 8.95. The van der Waals surface area contributed by atoms with Crippen molar-refractivity contribution in [3.63, 3.8) is 0 Å². The molecule has 39 heavy (non-hydrogen) atoms. The Labute approximate surface area is 227 Å². The molecule has 0 bridgehead atoms. The molecular weight excluding hydrogens is 531 g/mol. The molecule has 0 radical (unpaired) electrons. The summed E-state index contributed by atoms with van der Waals surface area (Å²) in [5, 5.41) is 2.24. The van der Waals surface area contributed by atoms with Crippen molar-refractivity contribution in [3.8, 4) is 11.5 Å². The van der Waals surface area contributed by atoms with E-state index in [0.717, 1.165) is 35.0 Å². The molecular formula is C28H24F3N3O4S. The molecule has 0 spiro atoms. The highest BCUT2D eigenvalue weighted by atomic mass is 32.2. The summed E-state index contributed by atoms with van der Waals surface area (Å²) in [5.41, 5.74) is 0.956. The van der Waals surface area contributed by atoms with E-state index in [1.54, 1.807) is 18.2 Å². The number of halogens is 3. The summed E-state index contributed by atoms with van der Waals surface area (Å²) in [5.74, 6) is 0.434. The van der Waals surface area contributed by atoms with Crippen LogP contribution in [-0.4, -0.2) is 40.5 Å². The molecule has 7 nitrogen and oxygen atoms in total. The molecule has 1 fully saturated rings. The second kappa shape index (κ2) is 11.4. The Morgan fingerprint density at radius 3 is 2.59 bits per heavy atom. The first-order valence-electron chi connectivity index (χ1n) is 12.2. The van der Waals surface area contributed by atoms with Crippen molar-refractivity contribution in [2.45, 2.75) is 30.8 Å². The van der Waals surface area contributed by atoms with Crippen LogP contribution in [0, 0.1) is 0 Å². The Hall–Kier alpha value is -3.99. The quantitative estimate of drug-likeness (QED) is 0.427. The smallest absolute Gasteiger partial charge is 0.416 e. The van der Waals surface area contributed by atoms with E-state index in [1.807, 2.05) is 30.3 Å². The Kier molecular flexibility index (Phi) is 7.78. The fourth-order valence-corrected chi connectivity index (χ4v) is 5.29. The van der Waals surface area contributed by atoms with E-state index in [9.17, 15) is 22.8 Å². The minimum Gasteiger partial charge on any atom is -0.454 e. The number of ether oxygens (including phenoxy) is 2. The van der Waals surface area contributed by atoms with Crippen molar-refractivity contribution in [2.24, 2.45) is 4.99 Å². The van der Waals surface area contributed by atoms with Crippen LogP contribution in [-0.2, 0) is 28.7 Å². The zero-order chi connectivity index (χ0) is 27.4. The number of nitrogens with one attached hydrogen (secondary N) is 1. The maximum absolute atomic E-state index is 13.3. The number of aliphatic imine (C=N–C) groups is 1. The molecule has 11 heteroatoms. The number of hydrogen-bond acceptors (Lipinski definition) is 6. The molecule has 2 heterocycles. The number of thioether (sulfide) groups is 1. The van der Waals surface area contributed by atoms with Gasteiger partial charge in [-0.3, -0.25) is 14.5 Å². The number of amides is 2. The average molecular weight is 556 g/mol. The summed E-state index contributed by atoms with van der Waals surface area (Å²) in [4.78, 5) is 32.0.